The van der Waals surface area contributed by atoms with Crippen LogP contribution in [-0.2, 0) is 16.7 Å². The van der Waals surface area contributed by atoms with Crippen molar-refractivity contribution in [1.29, 1.82) is 0 Å². The summed E-state index contributed by atoms with van der Waals surface area (Å²) in [6.07, 6.45) is 2.38. The van der Waals surface area contributed by atoms with Crippen molar-refractivity contribution in [2.45, 2.75) is 18.4 Å². The first-order valence-electron chi connectivity index (χ1n) is 3.04. The smallest absolute Gasteiger partial charge is 0.282 e. The lowest BCUT2D eigenvalue weighted by atomic mass is 10.7. The Kier molecular flexibility index (Phi) is 1.97. The Balaban J connectivity index is 3.09. The van der Waals surface area contributed by atoms with Gasteiger partial charge in [-0.3, -0.25) is 9.23 Å². The van der Waals surface area contributed by atoms with Gasteiger partial charge >= 0.3 is 0 Å². The fourth-order valence-electron chi connectivity index (χ4n) is 0.651. The SMILES string of the molecule is CCn1cc(S(=O)(=O)O)cn1. The molecule has 0 radical (unpaired) electrons. The van der Waals surface area contributed by atoms with E-state index in [0.29, 0.717) is 6.54 Å². The maximum absolute atomic E-state index is 10.5. The van der Waals surface area contributed by atoms with Crippen LogP contribution in [0.5, 0.6) is 0 Å². The molecule has 1 aromatic heterocycles. The summed E-state index contributed by atoms with van der Waals surface area (Å²) >= 11 is 0. The summed E-state index contributed by atoms with van der Waals surface area (Å²) in [5, 5.41) is 3.68. The lowest BCUT2D eigenvalue weighted by Crippen LogP contribution is -1.96. The Morgan fingerprint density at radius 3 is 2.64 bits per heavy atom. The van der Waals surface area contributed by atoms with Crippen molar-refractivity contribution in [3.8, 4) is 0 Å². The molecule has 0 aromatic carbocycles. The number of rotatable bonds is 2. The lowest BCUT2D eigenvalue weighted by Gasteiger charge is -1.90. The number of nitrogens with zero attached hydrogens (tertiary/aromatic N) is 2. The van der Waals surface area contributed by atoms with E-state index in [-0.39, 0.29) is 4.90 Å². The predicted octanol–water partition coefficient (Wildman–Crippen LogP) is 0.150. The molecule has 1 aromatic rings. The molecule has 0 bridgehead atoms. The highest BCUT2D eigenvalue weighted by Gasteiger charge is 2.10. The average Bonchev–Trinajstić information content (AvgIpc) is 2.32. The second-order valence-electron chi connectivity index (χ2n) is 2.01. The highest BCUT2D eigenvalue weighted by atomic mass is 32.2. The number of hydrogen-bond acceptors (Lipinski definition) is 3. The third-order valence-electron chi connectivity index (χ3n) is 1.23. The molecule has 0 aliphatic carbocycles. The van der Waals surface area contributed by atoms with Gasteiger partial charge in [0.25, 0.3) is 10.1 Å². The van der Waals surface area contributed by atoms with Gasteiger partial charge in [0.1, 0.15) is 4.90 Å². The fourth-order valence-corrected chi connectivity index (χ4v) is 1.09. The molecule has 0 aliphatic heterocycles. The topological polar surface area (TPSA) is 72.2 Å². The molecule has 6 heteroatoms. The summed E-state index contributed by atoms with van der Waals surface area (Å²) < 4.78 is 30.9. The minimum atomic E-state index is -4.08. The minimum Gasteiger partial charge on any atom is -0.282 e. The maximum atomic E-state index is 10.5. The molecule has 0 saturated heterocycles. The van der Waals surface area contributed by atoms with Crippen molar-refractivity contribution in [2.75, 3.05) is 0 Å². The van der Waals surface area contributed by atoms with Gasteiger partial charge in [-0.05, 0) is 6.92 Å². The Bertz CT molecular complexity index is 340. The molecule has 0 amide bonds. The third kappa shape index (κ3) is 1.78. The van der Waals surface area contributed by atoms with Gasteiger partial charge in [-0.1, -0.05) is 0 Å². The molecule has 1 heterocycles. The first kappa shape index (κ1) is 8.22. The molecule has 11 heavy (non-hydrogen) atoms. The van der Waals surface area contributed by atoms with Crippen LogP contribution in [0.15, 0.2) is 17.3 Å². The van der Waals surface area contributed by atoms with Crippen LogP contribution in [0.3, 0.4) is 0 Å². The van der Waals surface area contributed by atoms with Gasteiger partial charge in [-0.15, -0.1) is 0 Å². The van der Waals surface area contributed by atoms with E-state index in [1.807, 2.05) is 6.92 Å². The van der Waals surface area contributed by atoms with Crippen LogP contribution in [-0.4, -0.2) is 22.8 Å². The molecule has 0 unspecified atom stereocenters. The van der Waals surface area contributed by atoms with E-state index < -0.39 is 10.1 Å². The number of hydrogen-bond donors (Lipinski definition) is 1. The van der Waals surface area contributed by atoms with Gasteiger partial charge in [0.2, 0.25) is 0 Å². The van der Waals surface area contributed by atoms with E-state index in [9.17, 15) is 8.42 Å². The van der Waals surface area contributed by atoms with Gasteiger partial charge in [-0.25, -0.2) is 0 Å². The quantitative estimate of drug-likeness (QED) is 0.651. The number of aromatic nitrogens is 2. The van der Waals surface area contributed by atoms with Crippen molar-refractivity contribution < 1.29 is 13.0 Å². The highest BCUT2D eigenvalue weighted by Crippen LogP contribution is 2.04. The third-order valence-corrected chi connectivity index (χ3v) is 2.04. The normalized spacial score (nSPS) is 11.8. The Labute approximate surface area is 64.4 Å². The van der Waals surface area contributed by atoms with Crippen LogP contribution >= 0.6 is 0 Å². The Morgan fingerprint density at radius 1 is 1.73 bits per heavy atom. The van der Waals surface area contributed by atoms with E-state index in [1.54, 1.807) is 0 Å². The summed E-state index contributed by atoms with van der Waals surface area (Å²) in [6.45, 7) is 2.40. The fraction of sp³-hybridized carbons (Fsp3) is 0.400. The van der Waals surface area contributed by atoms with Gasteiger partial charge in [0.05, 0.1) is 6.20 Å². The van der Waals surface area contributed by atoms with Crippen molar-refractivity contribution in [1.82, 2.24) is 9.78 Å². The number of aryl methyl sites for hydroxylation is 1. The largest absolute Gasteiger partial charge is 0.297 e. The standard InChI is InChI=1S/C5H8N2O3S/c1-2-7-4-5(3-6-7)11(8,9)10/h3-4H,2H2,1H3,(H,8,9,10). The van der Waals surface area contributed by atoms with E-state index in [1.165, 1.54) is 10.9 Å². The van der Waals surface area contributed by atoms with E-state index in [2.05, 4.69) is 5.10 Å². The second kappa shape index (κ2) is 2.63. The molecular weight excluding hydrogens is 168 g/mol. The molecule has 0 aliphatic rings. The van der Waals surface area contributed by atoms with Crippen molar-refractivity contribution in [3.05, 3.63) is 12.4 Å². The van der Waals surface area contributed by atoms with Crippen LogP contribution in [0, 0.1) is 0 Å². The van der Waals surface area contributed by atoms with Crippen LogP contribution in [0.2, 0.25) is 0 Å². The molecule has 62 valence electrons. The Morgan fingerprint density at radius 2 is 2.36 bits per heavy atom. The first-order chi connectivity index (χ1) is 5.04. The Hall–Kier alpha value is -0.880. The second-order valence-corrected chi connectivity index (χ2v) is 3.43. The van der Waals surface area contributed by atoms with Crippen molar-refractivity contribution in [3.63, 3.8) is 0 Å². The molecule has 1 N–H and O–H groups in total. The van der Waals surface area contributed by atoms with Gasteiger partial charge in [0, 0.05) is 12.7 Å². The van der Waals surface area contributed by atoms with Crippen LogP contribution in [0.25, 0.3) is 0 Å². The molecule has 0 atom stereocenters. The highest BCUT2D eigenvalue weighted by molar-refractivity contribution is 7.85. The average molecular weight is 176 g/mol. The first-order valence-corrected chi connectivity index (χ1v) is 4.48. The monoisotopic (exact) mass is 176 g/mol. The van der Waals surface area contributed by atoms with Crippen LogP contribution < -0.4 is 0 Å². The zero-order valence-corrected chi connectivity index (χ0v) is 6.74. The van der Waals surface area contributed by atoms with Crippen molar-refractivity contribution in [2.24, 2.45) is 0 Å². The molecule has 0 spiro atoms. The van der Waals surface area contributed by atoms with E-state index >= 15 is 0 Å². The van der Waals surface area contributed by atoms with E-state index in [0.717, 1.165) is 6.20 Å². The van der Waals surface area contributed by atoms with Gasteiger partial charge in [0.15, 0.2) is 0 Å². The van der Waals surface area contributed by atoms with Crippen molar-refractivity contribution >= 4 is 10.1 Å². The maximum Gasteiger partial charge on any atom is 0.297 e. The van der Waals surface area contributed by atoms with Gasteiger partial charge in [-0.2, -0.15) is 13.5 Å². The lowest BCUT2D eigenvalue weighted by molar-refractivity contribution is 0.483. The molecule has 5 nitrogen and oxygen atoms in total. The molecule has 1 rings (SSSR count). The predicted molar refractivity (Wildman–Crippen MR) is 37.7 cm³/mol. The minimum absolute atomic E-state index is 0.167. The van der Waals surface area contributed by atoms with Gasteiger partial charge < -0.3 is 0 Å². The summed E-state index contributed by atoms with van der Waals surface area (Å²) in [5.41, 5.74) is 0. The molecule has 0 saturated carbocycles. The van der Waals surface area contributed by atoms with Crippen LogP contribution in [0.4, 0.5) is 0 Å². The molecular formula is C5H8N2O3S. The zero-order chi connectivity index (χ0) is 8.48. The summed E-state index contributed by atoms with van der Waals surface area (Å²) in [7, 11) is -4.08. The zero-order valence-electron chi connectivity index (χ0n) is 5.93. The molecule has 0 fully saturated rings. The van der Waals surface area contributed by atoms with Crippen LogP contribution in [0.1, 0.15) is 6.92 Å². The summed E-state index contributed by atoms with van der Waals surface area (Å²) in [4.78, 5) is -0.167. The summed E-state index contributed by atoms with van der Waals surface area (Å²) in [6, 6.07) is 0. The summed E-state index contributed by atoms with van der Waals surface area (Å²) in [5.74, 6) is 0. The van der Waals surface area contributed by atoms with E-state index in [4.69, 9.17) is 4.55 Å².